The number of aliphatic hydroxyl groups is 3. The standard InChI is InChI=1S/C35H57N3O5/c1-25(2)19-31(39)33(41)30(21-26-11-5-3-6-12-26)38(24-35(43)16-8-4-9-17-35)34(42)28(20-27-14-15-27)22-32(40)37-23-29-13-7-10-18-36-29/h7,10,13,18,25-28,30-31,33,39,41,43H,3-6,8-9,11-12,14-17,19-24H2,1-2H3,(H,37,40)/t28-,30+,31+,33-/m1/s1. The van der Waals surface area contributed by atoms with Gasteiger partial charge in [-0.15, -0.1) is 0 Å². The molecule has 0 aromatic carbocycles. The second-order valence-electron chi connectivity index (χ2n) is 14.4. The Kier molecular flexibility index (Phi) is 12.9. The van der Waals surface area contributed by atoms with Gasteiger partial charge >= 0.3 is 0 Å². The highest BCUT2D eigenvalue weighted by atomic mass is 16.3. The third-order valence-corrected chi connectivity index (χ3v) is 10.0. The molecule has 8 nitrogen and oxygen atoms in total. The minimum absolute atomic E-state index is 0.0673. The van der Waals surface area contributed by atoms with Crippen LogP contribution in [0.15, 0.2) is 24.4 Å². The number of nitrogens with zero attached hydrogens (tertiary/aromatic N) is 2. The molecule has 0 saturated heterocycles. The van der Waals surface area contributed by atoms with Gasteiger partial charge in [-0.1, -0.05) is 84.1 Å². The number of hydrogen-bond donors (Lipinski definition) is 4. The molecule has 3 aliphatic carbocycles. The van der Waals surface area contributed by atoms with Gasteiger partial charge in [-0.2, -0.15) is 0 Å². The Bertz CT molecular complexity index is 988. The summed E-state index contributed by atoms with van der Waals surface area (Å²) in [4.78, 5) is 33.9. The Morgan fingerprint density at radius 3 is 2.28 bits per heavy atom. The molecule has 4 rings (SSSR count). The molecule has 2 amide bonds. The predicted octanol–water partition coefficient (Wildman–Crippen LogP) is 5.13. The SMILES string of the molecule is CC(C)C[C@H](O)[C@H](O)[C@H](CC1CCCCC1)N(CC1(O)CCCCC1)C(=O)[C@@H](CC(=O)NCc1ccccn1)CC1CC1. The number of pyridine rings is 1. The highest BCUT2D eigenvalue weighted by Crippen LogP contribution is 2.39. The van der Waals surface area contributed by atoms with Crippen molar-refractivity contribution < 1.29 is 24.9 Å². The Balaban J connectivity index is 1.60. The van der Waals surface area contributed by atoms with Crippen molar-refractivity contribution in [3.63, 3.8) is 0 Å². The maximum atomic E-state index is 14.7. The average molecular weight is 600 g/mol. The van der Waals surface area contributed by atoms with Gasteiger partial charge in [-0.25, -0.2) is 0 Å². The fourth-order valence-corrected chi connectivity index (χ4v) is 7.39. The molecular formula is C35H57N3O5. The van der Waals surface area contributed by atoms with E-state index in [1.807, 2.05) is 32.0 Å². The van der Waals surface area contributed by atoms with E-state index >= 15 is 0 Å². The predicted molar refractivity (Wildman–Crippen MR) is 168 cm³/mol. The summed E-state index contributed by atoms with van der Waals surface area (Å²) in [6.07, 6.45) is 13.2. The molecular weight excluding hydrogens is 542 g/mol. The average Bonchev–Trinajstić information content (AvgIpc) is 3.82. The number of hydrogen-bond acceptors (Lipinski definition) is 6. The van der Waals surface area contributed by atoms with Gasteiger partial charge in [0.15, 0.2) is 0 Å². The summed E-state index contributed by atoms with van der Waals surface area (Å²) >= 11 is 0. The third kappa shape index (κ3) is 10.8. The van der Waals surface area contributed by atoms with Crippen LogP contribution in [0, 0.1) is 23.7 Å². The van der Waals surface area contributed by atoms with E-state index in [0.717, 1.165) is 63.5 Å². The lowest BCUT2D eigenvalue weighted by Gasteiger charge is -2.45. The normalized spacial score (nSPS) is 22.0. The molecule has 0 bridgehead atoms. The number of aliphatic hydroxyl groups excluding tert-OH is 2. The maximum absolute atomic E-state index is 14.7. The Morgan fingerprint density at radius 2 is 1.65 bits per heavy atom. The van der Waals surface area contributed by atoms with Gasteiger partial charge in [0.1, 0.15) is 6.10 Å². The van der Waals surface area contributed by atoms with Crippen LogP contribution in [0.4, 0.5) is 0 Å². The van der Waals surface area contributed by atoms with E-state index < -0.39 is 29.8 Å². The van der Waals surface area contributed by atoms with Crippen LogP contribution in [-0.2, 0) is 16.1 Å². The molecule has 0 radical (unpaired) electrons. The first-order valence-electron chi connectivity index (χ1n) is 17.2. The van der Waals surface area contributed by atoms with Crippen molar-refractivity contribution in [2.45, 2.75) is 147 Å². The zero-order valence-electron chi connectivity index (χ0n) is 26.6. The summed E-state index contributed by atoms with van der Waals surface area (Å²) < 4.78 is 0. The third-order valence-electron chi connectivity index (χ3n) is 10.0. The van der Waals surface area contributed by atoms with Crippen LogP contribution in [-0.4, -0.2) is 67.4 Å². The number of aromatic nitrogens is 1. The lowest BCUT2D eigenvalue weighted by Crippen LogP contribution is -2.58. The summed E-state index contributed by atoms with van der Waals surface area (Å²) in [7, 11) is 0. The summed E-state index contributed by atoms with van der Waals surface area (Å²) in [6, 6.07) is 4.97. The molecule has 0 unspecified atom stereocenters. The zero-order chi connectivity index (χ0) is 30.8. The Morgan fingerprint density at radius 1 is 0.977 bits per heavy atom. The van der Waals surface area contributed by atoms with E-state index in [0.29, 0.717) is 50.5 Å². The molecule has 8 heteroatoms. The fourth-order valence-electron chi connectivity index (χ4n) is 7.39. The maximum Gasteiger partial charge on any atom is 0.226 e. The van der Waals surface area contributed by atoms with Crippen molar-refractivity contribution >= 4 is 11.8 Å². The van der Waals surface area contributed by atoms with E-state index in [1.54, 1.807) is 11.1 Å². The zero-order valence-corrected chi connectivity index (χ0v) is 26.6. The molecule has 3 saturated carbocycles. The molecule has 1 aromatic heterocycles. The molecule has 3 fully saturated rings. The molecule has 3 aliphatic rings. The molecule has 242 valence electrons. The highest BCUT2D eigenvalue weighted by molar-refractivity contribution is 5.86. The molecule has 4 N–H and O–H groups in total. The van der Waals surface area contributed by atoms with Crippen LogP contribution in [0.25, 0.3) is 0 Å². The van der Waals surface area contributed by atoms with Gasteiger partial charge in [0.05, 0.1) is 30.0 Å². The minimum Gasteiger partial charge on any atom is -0.390 e. The van der Waals surface area contributed by atoms with E-state index in [1.165, 1.54) is 6.42 Å². The molecule has 43 heavy (non-hydrogen) atoms. The first-order chi connectivity index (χ1) is 20.6. The number of carbonyl (C=O) groups excluding carboxylic acids is 2. The van der Waals surface area contributed by atoms with E-state index in [2.05, 4.69) is 10.3 Å². The van der Waals surface area contributed by atoms with Gasteiger partial charge in [0, 0.05) is 25.1 Å². The van der Waals surface area contributed by atoms with Gasteiger partial charge in [0.25, 0.3) is 0 Å². The quantitative estimate of drug-likeness (QED) is 0.209. The van der Waals surface area contributed by atoms with Crippen molar-refractivity contribution in [2.75, 3.05) is 6.54 Å². The Labute approximate surface area is 259 Å². The van der Waals surface area contributed by atoms with Crippen LogP contribution in [0.2, 0.25) is 0 Å². The number of rotatable bonds is 16. The summed E-state index contributed by atoms with van der Waals surface area (Å²) in [5.74, 6) is 0.0920. The second kappa shape index (κ2) is 16.3. The fraction of sp³-hybridized carbons (Fsp3) is 0.800. The first-order valence-corrected chi connectivity index (χ1v) is 17.2. The van der Waals surface area contributed by atoms with Crippen LogP contribution in [0.3, 0.4) is 0 Å². The number of carbonyl (C=O) groups is 2. The summed E-state index contributed by atoms with van der Waals surface area (Å²) in [6.45, 7) is 4.49. The molecule has 0 spiro atoms. The Hall–Kier alpha value is -2.03. The molecule has 1 heterocycles. The van der Waals surface area contributed by atoms with E-state index in [4.69, 9.17) is 0 Å². The number of nitrogens with one attached hydrogen (secondary N) is 1. The van der Waals surface area contributed by atoms with E-state index in [-0.39, 0.29) is 30.7 Å². The lowest BCUT2D eigenvalue weighted by atomic mass is 9.79. The van der Waals surface area contributed by atoms with Crippen LogP contribution in [0.1, 0.15) is 122 Å². The monoisotopic (exact) mass is 599 g/mol. The van der Waals surface area contributed by atoms with Gasteiger partial charge in [-0.05, 0) is 62.0 Å². The largest absolute Gasteiger partial charge is 0.390 e. The smallest absolute Gasteiger partial charge is 0.226 e. The lowest BCUT2D eigenvalue weighted by molar-refractivity contribution is -0.153. The van der Waals surface area contributed by atoms with E-state index in [9.17, 15) is 24.9 Å². The van der Waals surface area contributed by atoms with Crippen molar-refractivity contribution in [3.8, 4) is 0 Å². The van der Waals surface area contributed by atoms with Gasteiger partial charge in [-0.3, -0.25) is 14.6 Å². The van der Waals surface area contributed by atoms with Crippen molar-refractivity contribution in [3.05, 3.63) is 30.1 Å². The minimum atomic E-state index is -1.11. The van der Waals surface area contributed by atoms with Crippen molar-refractivity contribution in [2.24, 2.45) is 23.7 Å². The topological polar surface area (TPSA) is 123 Å². The molecule has 0 aliphatic heterocycles. The van der Waals surface area contributed by atoms with Gasteiger partial charge in [0.2, 0.25) is 11.8 Å². The summed E-state index contributed by atoms with van der Waals surface area (Å²) in [5, 5.41) is 37.6. The van der Waals surface area contributed by atoms with Crippen molar-refractivity contribution in [1.82, 2.24) is 15.2 Å². The first kappa shape index (κ1) is 33.9. The summed E-state index contributed by atoms with van der Waals surface area (Å²) in [5.41, 5.74) is -0.260. The van der Waals surface area contributed by atoms with Crippen LogP contribution in [0.5, 0.6) is 0 Å². The number of amides is 2. The highest BCUT2D eigenvalue weighted by Gasteiger charge is 2.43. The molecule has 4 atom stereocenters. The van der Waals surface area contributed by atoms with Gasteiger partial charge < -0.3 is 25.5 Å². The van der Waals surface area contributed by atoms with Crippen LogP contribution >= 0.6 is 0 Å². The van der Waals surface area contributed by atoms with Crippen molar-refractivity contribution in [1.29, 1.82) is 0 Å². The molecule has 1 aromatic rings. The van der Waals surface area contributed by atoms with Crippen LogP contribution < -0.4 is 5.32 Å². The second-order valence-corrected chi connectivity index (χ2v) is 14.4.